The molecule has 2 aromatic carbocycles. The van der Waals surface area contributed by atoms with E-state index in [0.717, 1.165) is 42.4 Å². The highest BCUT2D eigenvalue weighted by Gasteiger charge is 2.11. The lowest BCUT2D eigenvalue weighted by Crippen LogP contribution is -2.40. The smallest absolute Gasteiger partial charge is 0.191 e. The molecule has 1 heterocycles. The van der Waals surface area contributed by atoms with Gasteiger partial charge in [0.25, 0.3) is 0 Å². The number of nitrogens with zero attached hydrogens (tertiary/aromatic N) is 3. The Kier molecular flexibility index (Phi) is 9.40. The minimum atomic E-state index is 0. The van der Waals surface area contributed by atoms with Gasteiger partial charge in [-0.15, -0.1) is 24.0 Å². The van der Waals surface area contributed by atoms with Crippen LogP contribution < -0.4 is 10.6 Å². The van der Waals surface area contributed by atoms with Crippen molar-refractivity contribution in [2.24, 2.45) is 4.99 Å². The summed E-state index contributed by atoms with van der Waals surface area (Å²) < 4.78 is 2.25. The number of halogens is 1. The van der Waals surface area contributed by atoms with Crippen LogP contribution >= 0.6 is 24.0 Å². The summed E-state index contributed by atoms with van der Waals surface area (Å²) in [6, 6.07) is 18.3. The highest BCUT2D eigenvalue weighted by Crippen LogP contribution is 2.16. The first-order valence-corrected chi connectivity index (χ1v) is 9.75. The predicted octanol–water partition coefficient (Wildman–Crippen LogP) is 3.29. The van der Waals surface area contributed by atoms with E-state index in [2.05, 4.69) is 31.2 Å². The molecule has 3 rings (SSSR count). The van der Waals surface area contributed by atoms with Gasteiger partial charge in [-0.2, -0.15) is 0 Å². The second-order valence-corrected chi connectivity index (χ2v) is 6.82. The lowest BCUT2D eigenvalue weighted by molar-refractivity contribution is 0.265. The van der Waals surface area contributed by atoms with E-state index in [4.69, 9.17) is 0 Å². The molecule has 1 unspecified atom stereocenters. The van der Waals surface area contributed by atoms with Gasteiger partial charge in [0.05, 0.1) is 17.6 Å². The summed E-state index contributed by atoms with van der Waals surface area (Å²) in [5, 5.41) is 16.4. The molecule has 1 aromatic heterocycles. The van der Waals surface area contributed by atoms with Crippen LogP contribution in [0.3, 0.4) is 0 Å². The van der Waals surface area contributed by atoms with E-state index in [-0.39, 0.29) is 36.5 Å². The molecule has 29 heavy (non-hydrogen) atoms. The maximum Gasteiger partial charge on any atom is 0.191 e. The molecule has 0 fully saturated rings. The average Bonchev–Trinajstić information content (AvgIpc) is 3.06. The number of aromatic nitrogens is 2. The largest absolute Gasteiger partial charge is 0.396 e. The second-order valence-electron chi connectivity index (χ2n) is 6.82. The second kappa shape index (κ2) is 11.8. The minimum absolute atomic E-state index is 0. The molecule has 0 aliphatic carbocycles. The third-order valence-electron chi connectivity index (χ3n) is 4.93. The van der Waals surface area contributed by atoms with Gasteiger partial charge in [-0.25, -0.2) is 4.98 Å². The van der Waals surface area contributed by atoms with Crippen molar-refractivity contribution in [3.8, 4) is 0 Å². The highest BCUT2D eigenvalue weighted by molar-refractivity contribution is 14.0. The summed E-state index contributed by atoms with van der Waals surface area (Å²) in [4.78, 5) is 8.90. The number of aliphatic hydroxyl groups is 1. The average molecular weight is 507 g/mol. The van der Waals surface area contributed by atoms with E-state index >= 15 is 0 Å². The molecule has 0 spiro atoms. The zero-order chi connectivity index (χ0) is 19.8. The lowest BCUT2D eigenvalue weighted by Gasteiger charge is -2.18. The van der Waals surface area contributed by atoms with E-state index in [1.807, 2.05) is 55.5 Å². The van der Waals surface area contributed by atoms with Gasteiger partial charge in [0.1, 0.15) is 5.82 Å². The molecule has 3 N–H and O–H groups in total. The quantitative estimate of drug-likeness (QED) is 0.189. The Hall–Kier alpha value is -2.13. The van der Waals surface area contributed by atoms with Crippen LogP contribution in [-0.2, 0) is 6.54 Å². The van der Waals surface area contributed by atoms with Crippen molar-refractivity contribution in [3.05, 3.63) is 66.0 Å². The van der Waals surface area contributed by atoms with E-state index < -0.39 is 0 Å². The van der Waals surface area contributed by atoms with Gasteiger partial charge < -0.3 is 20.3 Å². The van der Waals surface area contributed by atoms with Gasteiger partial charge in [-0.05, 0) is 31.0 Å². The summed E-state index contributed by atoms with van der Waals surface area (Å²) in [6.07, 6.45) is 0.962. The number of nitrogens with one attached hydrogen (secondary N) is 2. The maximum absolute atomic E-state index is 9.69. The van der Waals surface area contributed by atoms with Crippen molar-refractivity contribution in [1.82, 2.24) is 20.2 Å². The first kappa shape index (κ1) is 23.2. The molecule has 0 amide bonds. The molecule has 0 saturated heterocycles. The van der Waals surface area contributed by atoms with Gasteiger partial charge in [0, 0.05) is 32.6 Å². The molecule has 7 heteroatoms. The number of hydrogen-bond donors (Lipinski definition) is 3. The van der Waals surface area contributed by atoms with Crippen molar-refractivity contribution in [2.75, 3.05) is 26.7 Å². The maximum atomic E-state index is 9.69. The number of aliphatic imine (C=N–C) groups is 1. The number of benzene rings is 2. The van der Waals surface area contributed by atoms with Crippen molar-refractivity contribution < 1.29 is 5.11 Å². The fraction of sp³-hybridized carbons (Fsp3) is 0.364. The van der Waals surface area contributed by atoms with Crippen molar-refractivity contribution in [1.29, 1.82) is 0 Å². The van der Waals surface area contributed by atoms with Crippen LogP contribution in [0.15, 0.2) is 59.6 Å². The van der Waals surface area contributed by atoms with Gasteiger partial charge in [0.2, 0.25) is 0 Å². The van der Waals surface area contributed by atoms with Crippen LogP contribution in [0.1, 0.15) is 23.7 Å². The molecule has 0 radical (unpaired) electrons. The summed E-state index contributed by atoms with van der Waals surface area (Å²) in [6.45, 7) is 4.49. The SMILES string of the molecule is CN=C(NCCCn1c(C)nc2ccccc21)NCC(CO)c1ccccc1.I. The van der Waals surface area contributed by atoms with E-state index in [1.54, 1.807) is 7.05 Å². The zero-order valence-corrected chi connectivity index (χ0v) is 19.3. The van der Waals surface area contributed by atoms with Gasteiger partial charge >= 0.3 is 0 Å². The fourth-order valence-corrected chi connectivity index (χ4v) is 3.38. The summed E-state index contributed by atoms with van der Waals surface area (Å²) >= 11 is 0. The highest BCUT2D eigenvalue weighted by atomic mass is 127. The molecule has 0 aliphatic heterocycles. The lowest BCUT2D eigenvalue weighted by atomic mass is 10.0. The van der Waals surface area contributed by atoms with Gasteiger partial charge in [-0.1, -0.05) is 42.5 Å². The fourth-order valence-electron chi connectivity index (χ4n) is 3.38. The van der Waals surface area contributed by atoms with Crippen molar-refractivity contribution >= 4 is 41.0 Å². The van der Waals surface area contributed by atoms with Gasteiger partial charge in [0.15, 0.2) is 5.96 Å². The van der Waals surface area contributed by atoms with Crippen LogP contribution in [0.5, 0.6) is 0 Å². The predicted molar refractivity (Wildman–Crippen MR) is 130 cm³/mol. The van der Waals surface area contributed by atoms with Crippen LogP contribution in [0.25, 0.3) is 11.0 Å². The molecule has 0 bridgehead atoms. The topological polar surface area (TPSA) is 74.5 Å². The molecular weight excluding hydrogens is 477 g/mol. The van der Waals surface area contributed by atoms with Crippen LogP contribution in [0, 0.1) is 6.92 Å². The van der Waals surface area contributed by atoms with Crippen molar-refractivity contribution in [2.45, 2.75) is 25.8 Å². The molecule has 0 saturated carbocycles. The monoisotopic (exact) mass is 507 g/mol. The normalized spacial score (nSPS) is 12.4. The summed E-state index contributed by atoms with van der Waals surface area (Å²) in [5.74, 6) is 1.83. The Bertz CT molecular complexity index is 910. The molecule has 6 nitrogen and oxygen atoms in total. The number of imidazole rings is 1. The summed E-state index contributed by atoms with van der Waals surface area (Å²) in [7, 11) is 1.76. The molecule has 0 aliphatic rings. The number of fused-ring (bicyclic) bond motifs is 1. The van der Waals surface area contributed by atoms with E-state index in [0.29, 0.717) is 6.54 Å². The molecular formula is C22H30IN5O. The third kappa shape index (κ3) is 6.17. The first-order valence-electron chi connectivity index (χ1n) is 9.75. The summed E-state index contributed by atoms with van der Waals surface area (Å²) in [5.41, 5.74) is 3.34. The Morgan fingerprint density at radius 2 is 1.83 bits per heavy atom. The van der Waals surface area contributed by atoms with E-state index in [1.165, 1.54) is 5.52 Å². The third-order valence-corrected chi connectivity index (χ3v) is 4.93. The standard InChI is InChI=1S/C22H29N5O.HI/c1-17-26-20-11-6-7-12-21(20)27(17)14-8-13-24-22(23-2)25-15-19(16-28)18-9-4-3-5-10-18;/h3-7,9-12,19,28H,8,13-16H2,1-2H3,(H2,23,24,25);1H. The Morgan fingerprint density at radius 3 is 2.55 bits per heavy atom. The van der Waals surface area contributed by atoms with Crippen molar-refractivity contribution in [3.63, 3.8) is 0 Å². The van der Waals surface area contributed by atoms with Crippen LogP contribution in [-0.4, -0.2) is 47.4 Å². The molecule has 3 aromatic rings. The molecule has 156 valence electrons. The van der Waals surface area contributed by atoms with Crippen LogP contribution in [0.2, 0.25) is 0 Å². The number of hydrogen-bond acceptors (Lipinski definition) is 3. The van der Waals surface area contributed by atoms with Crippen LogP contribution in [0.4, 0.5) is 0 Å². The number of aryl methyl sites for hydroxylation is 2. The first-order chi connectivity index (χ1) is 13.7. The minimum Gasteiger partial charge on any atom is -0.396 e. The number of rotatable bonds is 8. The number of guanidine groups is 1. The Morgan fingerprint density at radius 1 is 1.10 bits per heavy atom. The van der Waals surface area contributed by atoms with Gasteiger partial charge in [-0.3, -0.25) is 4.99 Å². The Labute approximate surface area is 189 Å². The number of aliphatic hydroxyl groups excluding tert-OH is 1. The number of para-hydroxylation sites is 2. The zero-order valence-electron chi connectivity index (χ0n) is 17.0. The molecule has 1 atom stereocenters. The van der Waals surface area contributed by atoms with E-state index in [9.17, 15) is 5.11 Å². The Balaban J connectivity index is 0.00000300.